The summed E-state index contributed by atoms with van der Waals surface area (Å²) in [6.45, 7) is 13.6. The van der Waals surface area contributed by atoms with Crippen molar-refractivity contribution in [3.05, 3.63) is 86.5 Å². The average molecular weight is 1280 g/mol. The molecule has 0 amide bonds. The monoisotopic (exact) mass is 1280 g/mol. The largest absolute Gasteiger partial charge is 0.493 e. The van der Waals surface area contributed by atoms with Crippen LogP contribution < -0.4 is 0 Å². The second-order valence-electron chi connectivity index (χ2n) is 29.7. The third-order valence-electron chi connectivity index (χ3n) is 20.7. The van der Waals surface area contributed by atoms with Gasteiger partial charge in [-0.3, -0.25) is 0 Å². The van der Waals surface area contributed by atoms with E-state index < -0.39 is 0 Å². The minimum atomic E-state index is 0.876. The fourth-order valence-corrected chi connectivity index (χ4v) is 14.7. The van der Waals surface area contributed by atoms with E-state index in [1.807, 2.05) is 0 Å². The van der Waals surface area contributed by atoms with Crippen LogP contribution in [-0.4, -0.2) is 4.70 Å². The van der Waals surface area contributed by atoms with E-state index in [4.69, 9.17) is 0 Å². The van der Waals surface area contributed by atoms with Crippen molar-refractivity contribution in [2.45, 2.75) is 459 Å². The molecule has 2 aromatic rings. The molecule has 0 bridgehead atoms. The molecular formula is C91H154N2. The second-order valence-corrected chi connectivity index (χ2v) is 29.7. The Kier molecular flexibility index (Phi) is 56.1. The Balaban J connectivity index is 1.45. The molecule has 1 aliphatic heterocycles. The highest BCUT2D eigenvalue weighted by atomic mass is 15.2. The first-order chi connectivity index (χ1) is 46.0. The molecule has 0 saturated heterocycles. The zero-order chi connectivity index (χ0) is 66.4. The van der Waals surface area contributed by atoms with Gasteiger partial charge in [-0.15, -0.1) is 0 Å². The van der Waals surface area contributed by atoms with Gasteiger partial charge in [0.1, 0.15) is 0 Å². The lowest BCUT2D eigenvalue weighted by atomic mass is 9.93. The third-order valence-corrected chi connectivity index (χ3v) is 20.7. The molecule has 0 aromatic heterocycles. The Hall–Kier alpha value is -3.36. The number of benzene rings is 2. The zero-order valence-electron chi connectivity index (χ0n) is 63.3. The van der Waals surface area contributed by atoms with Crippen molar-refractivity contribution in [1.82, 2.24) is 0 Å². The van der Waals surface area contributed by atoms with Gasteiger partial charge in [0.25, 0.3) is 0 Å². The molecule has 93 heavy (non-hydrogen) atoms. The molecule has 1 aliphatic rings. The molecule has 0 radical (unpaired) electrons. The average Bonchev–Trinajstić information content (AvgIpc) is 1.62. The Morgan fingerprint density at radius 1 is 0.258 bits per heavy atom. The molecule has 0 fully saturated rings. The van der Waals surface area contributed by atoms with Gasteiger partial charge >= 0.3 is 0 Å². The lowest BCUT2D eigenvalue weighted by molar-refractivity contribution is -0.345. The number of nitrogens with zero attached hydrogens (tertiary/aromatic N) is 2. The number of aryl methyl sites for hydroxylation is 2. The van der Waals surface area contributed by atoms with E-state index in [1.54, 1.807) is 4.70 Å². The van der Waals surface area contributed by atoms with Crippen LogP contribution in [-0.2, 0) is 12.8 Å². The third kappa shape index (κ3) is 44.2. The number of rotatable bonds is 65. The molecule has 0 aliphatic carbocycles. The summed E-state index contributed by atoms with van der Waals surface area (Å²) in [6.07, 6.45) is 89.1. The van der Waals surface area contributed by atoms with E-state index in [-0.39, 0.29) is 0 Å². The summed E-state index contributed by atoms with van der Waals surface area (Å²) in [5, 5.41) is 0. The van der Waals surface area contributed by atoms with Crippen molar-refractivity contribution in [2.75, 3.05) is 0 Å². The summed E-state index contributed by atoms with van der Waals surface area (Å²) < 4.78 is 1.58. The van der Waals surface area contributed by atoms with Crippen LogP contribution in [0.3, 0.4) is 0 Å². The van der Waals surface area contributed by atoms with Gasteiger partial charge in [-0.05, 0) is 99.7 Å². The van der Waals surface area contributed by atoms with Gasteiger partial charge in [0.15, 0.2) is 0 Å². The fourth-order valence-electron chi connectivity index (χ4n) is 14.7. The summed E-state index contributed by atoms with van der Waals surface area (Å²) in [5.41, 5.74) is 24.2. The molecule has 1 heterocycles. The van der Waals surface area contributed by atoms with Crippen LogP contribution in [0.15, 0.2) is 47.5 Å². The predicted octanol–water partition coefficient (Wildman–Crippen LogP) is 31.3. The summed E-state index contributed by atoms with van der Waals surface area (Å²) in [6, 6.07) is 14.0. The molecule has 0 saturated carbocycles. The lowest BCUT2D eigenvalue weighted by Crippen LogP contribution is -2.05. The maximum absolute atomic E-state index is 12.7. The van der Waals surface area contributed by atoms with Crippen molar-refractivity contribution < 1.29 is 4.70 Å². The first-order valence-corrected chi connectivity index (χ1v) is 42.2. The Morgan fingerprint density at radius 2 is 0.495 bits per heavy atom. The van der Waals surface area contributed by atoms with E-state index in [2.05, 4.69) is 102 Å². The van der Waals surface area contributed by atoms with Crippen LogP contribution in [0.5, 0.6) is 0 Å². The van der Waals surface area contributed by atoms with E-state index in [0.717, 1.165) is 79.5 Å². The molecule has 2 nitrogen and oxygen atoms in total. The standard InChI is InChI=1S/C91H154N2/c1-7-12-17-20-22-24-26-28-30-32-34-36-38-40-42-44-46-48-50-52-54-56-58-60-62-64-68-73-85-77-86(74-69-65-63-61-59-57-55-53-51-49-47-45-43-41-39-37-35-33-31-29-27-25-23-21-18-13-8-2)79-87(78-85)90-82(6)89(75-70-19-14-9-3)91(93(90)92)88-80-83(71-66-15-10-4)76-84(81-88)72-67-16-11-5/h76-81H,7-65,68-70,73-75H2,1-6H3. The Morgan fingerprint density at radius 3 is 0.763 bits per heavy atom. The summed E-state index contributed by atoms with van der Waals surface area (Å²) in [5.74, 6) is 13.8. The van der Waals surface area contributed by atoms with Crippen molar-refractivity contribution in [3.63, 3.8) is 0 Å². The molecule has 2 heteroatoms. The van der Waals surface area contributed by atoms with Gasteiger partial charge in [0, 0.05) is 46.2 Å². The Labute approximate surface area is 581 Å². The first-order valence-electron chi connectivity index (χ1n) is 42.2. The molecular weight excluding hydrogens is 1120 g/mol. The molecule has 0 atom stereocenters. The number of unbranched alkanes of at least 4 members (excludes halogenated alkanes) is 57. The van der Waals surface area contributed by atoms with Crippen molar-refractivity contribution >= 4 is 11.4 Å². The molecule has 0 N–H and O–H groups in total. The van der Waals surface area contributed by atoms with E-state index >= 15 is 0 Å². The normalized spacial score (nSPS) is 12.4. The molecule has 2 aromatic carbocycles. The van der Waals surface area contributed by atoms with Gasteiger partial charge < -0.3 is 5.53 Å². The highest BCUT2D eigenvalue weighted by Crippen LogP contribution is 2.43. The molecule has 3 rings (SSSR count). The van der Waals surface area contributed by atoms with Gasteiger partial charge in [-0.1, -0.05) is 418 Å². The topological polar surface area (TPSA) is 25.3 Å². The highest BCUT2D eigenvalue weighted by molar-refractivity contribution is 5.82. The van der Waals surface area contributed by atoms with Crippen LogP contribution in [0.4, 0.5) is 0 Å². The highest BCUT2D eigenvalue weighted by Gasteiger charge is 2.34. The summed E-state index contributed by atoms with van der Waals surface area (Å²) in [4.78, 5) is 0. The SMILES string of the molecule is CCCC#Cc1cc(C#CCCC)cc(C2=C(CCCCCC)C(C)=C(c3cc(CCCCCCCCCCCCCCCCCCCCCCCCCCCCC)cc(CCCCCCCCCCCCCCCCCCCCCCCCCCCCC)c3)[N+]2=[N-])c1. The zero-order valence-corrected chi connectivity index (χ0v) is 63.3. The van der Waals surface area contributed by atoms with E-state index in [9.17, 15) is 5.53 Å². The second kappa shape index (κ2) is 62.2. The summed E-state index contributed by atoms with van der Waals surface area (Å²) >= 11 is 0. The van der Waals surface area contributed by atoms with Crippen LogP contribution in [0.2, 0.25) is 0 Å². The maximum Gasteiger partial charge on any atom is 0.211 e. The number of hydrogen-bond donors (Lipinski definition) is 0. The van der Waals surface area contributed by atoms with Gasteiger partial charge in [-0.25, -0.2) is 4.70 Å². The lowest BCUT2D eigenvalue weighted by Gasteiger charge is -2.13. The quantitative estimate of drug-likeness (QED) is 0.0358. The molecule has 528 valence electrons. The van der Waals surface area contributed by atoms with Gasteiger partial charge in [0.05, 0.1) is 0 Å². The number of allylic oxidation sites excluding steroid dienone is 2. The Bertz CT molecular complexity index is 2160. The minimum absolute atomic E-state index is 0.876. The summed E-state index contributed by atoms with van der Waals surface area (Å²) in [7, 11) is 0. The van der Waals surface area contributed by atoms with Crippen molar-refractivity contribution in [1.29, 1.82) is 0 Å². The molecule has 0 unspecified atom stereocenters. The van der Waals surface area contributed by atoms with Crippen LogP contribution in [0.25, 0.3) is 16.9 Å². The van der Waals surface area contributed by atoms with E-state index in [1.165, 1.54) is 394 Å². The van der Waals surface area contributed by atoms with Gasteiger partial charge in [-0.2, -0.15) is 0 Å². The van der Waals surface area contributed by atoms with Crippen LogP contribution in [0, 0.1) is 23.7 Å². The predicted molar refractivity (Wildman–Crippen MR) is 416 cm³/mol. The fraction of sp³-hybridized carbons (Fsp3) is 0.780. The molecule has 0 spiro atoms. The van der Waals surface area contributed by atoms with Crippen LogP contribution in [0.1, 0.15) is 479 Å². The van der Waals surface area contributed by atoms with Gasteiger partial charge in [0.2, 0.25) is 11.4 Å². The van der Waals surface area contributed by atoms with Crippen LogP contribution >= 0.6 is 0 Å². The minimum Gasteiger partial charge on any atom is -0.493 e. The maximum atomic E-state index is 12.7. The smallest absolute Gasteiger partial charge is 0.211 e. The van der Waals surface area contributed by atoms with E-state index in [0.29, 0.717) is 0 Å². The number of hydrogen-bond acceptors (Lipinski definition) is 0. The first kappa shape index (κ1) is 83.9. The van der Waals surface area contributed by atoms with Crippen molar-refractivity contribution in [3.8, 4) is 23.7 Å². The van der Waals surface area contributed by atoms with Crippen molar-refractivity contribution in [2.24, 2.45) is 0 Å².